The van der Waals surface area contributed by atoms with E-state index in [1.165, 1.54) is 35.2 Å². The number of nitrogens with one attached hydrogen (secondary N) is 2. The topological polar surface area (TPSA) is 48.8 Å². The molecule has 1 aromatic rings. The Morgan fingerprint density at radius 1 is 1.20 bits per heavy atom. The van der Waals surface area contributed by atoms with Gasteiger partial charge in [-0.15, -0.1) is 0 Å². The maximum Gasteiger partial charge on any atom is 0.118 e. The van der Waals surface area contributed by atoms with Crippen LogP contribution in [0.2, 0.25) is 0 Å². The van der Waals surface area contributed by atoms with Crippen molar-refractivity contribution >= 4 is 18.0 Å². The van der Waals surface area contributed by atoms with Crippen molar-refractivity contribution in [2.75, 3.05) is 6.67 Å². The van der Waals surface area contributed by atoms with Crippen LogP contribution in [0.1, 0.15) is 83.3 Å². The number of fused-ring (bicyclic) bond motifs is 4. The van der Waals surface area contributed by atoms with Crippen molar-refractivity contribution in [3.63, 3.8) is 0 Å². The van der Waals surface area contributed by atoms with Gasteiger partial charge in [0.15, 0.2) is 0 Å². The Labute approximate surface area is 212 Å². The van der Waals surface area contributed by atoms with Gasteiger partial charge < -0.3 is 10.6 Å². The lowest BCUT2D eigenvalue weighted by Gasteiger charge is -2.44. The van der Waals surface area contributed by atoms with Gasteiger partial charge in [0.1, 0.15) is 12.5 Å². The minimum absolute atomic E-state index is 0.146. The van der Waals surface area contributed by atoms with Crippen LogP contribution in [-0.4, -0.2) is 25.1 Å². The molecule has 3 aliphatic carbocycles. The molecule has 35 heavy (non-hydrogen) atoms. The number of hydrogen-bond donors (Lipinski definition) is 2. The Morgan fingerprint density at radius 3 is 2.80 bits per heavy atom. The lowest BCUT2D eigenvalue weighted by Crippen LogP contribution is -2.34. The zero-order valence-corrected chi connectivity index (χ0v) is 22.0. The molecule has 186 valence electrons. The molecule has 0 fully saturated rings. The summed E-state index contributed by atoms with van der Waals surface area (Å²) in [5.74, 6) is 1.75. The molecule has 0 aromatic heterocycles. The minimum atomic E-state index is 0.146. The molecular weight excluding hydrogens is 428 g/mol. The second kappa shape index (κ2) is 11.2. The summed E-state index contributed by atoms with van der Waals surface area (Å²) in [4.78, 5) is 8.98. The summed E-state index contributed by atoms with van der Waals surface area (Å²) >= 11 is 0. The lowest BCUT2D eigenvalue weighted by atomic mass is 9.61. The van der Waals surface area contributed by atoms with E-state index in [4.69, 9.17) is 0 Å². The van der Waals surface area contributed by atoms with Crippen LogP contribution < -0.4 is 10.6 Å². The fourth-order valence-corrected chi connectivity index (χ4v) is 6.19. The molecular formula is C31H42N4. The van der Waals surface area contributed by atoms with Crippen molar-refractivity contribution < 1.29 is 0 Å². The largest absolute Gasteiger partial charge is 0.368 e. The van der Waals surface area contributed by atoms with Gasteiger partial charge >= 0.3 is 0 Å². The number of nitrogens with zero attached hydrogens (tertiary/aromatic N) is 2. The second-order valence-corrected chi connectivity index (χ2v) is 10.8. The van der Waals surface area contributed by atoms with Gasteiger partial charge in [-0.1, -0.05) is 77.1 Å². The Morgan fingerprint density at radius 2 is 2.03 bits per heavy atom. The van der Waals surface area contributed by atoms with Crippen molar-refractivity contribution in [1.29, 1.82) is 0 Å². The summed E-state index contributed by atoms with van der Waals surface area (Å²) in [6, 6.07) is 9.39. The van der Waals surface area contributed by atoms with Crippen LogP contribution in [0.15, 0.2) is 76.1 Å². The molecule has 0 aliphatic heterocycles. The molecule has 2 N–H and O–H groups in total. The van der Waals surface area contributed by atoms with Gasteiger partial charge in [-0.3, -0.25) is 4.99 Å². The average Bonchev–Trinajstić information content (AvgIpc) is 2.85. The Kier molecular flexibility index (Phi) is 8.10. The van der Waals surface area contributed by atoms with Crippen LogP contribution in [0.3, 0.4) is 0 Å². The van der Waals surface area contributed by atoms with Crippen LogP contribution in [0.4, 0.5) is 0 Å². The summed E-state index contributed by atoms with van der Waals surface area (Å²) < 4.78 is 0. The van der Waals surface area contributed by atoms with Crippen LogP contribution in [0, 0.1) is 11.3 Å². The number of aliphatic imine (C=N–C) groups is 2. The number of rotatable bonds is 10. The smallest absolute Gasteiger partial charge is 0.118 e. The van der Waals surface area contributed by atoms with Crippen molar-refractivity contribution in [1.82, 2.24) is 10.6 Å². The highest BCUT2D eigenvalue weighted by Crippen LogP contribution is 2.53. The van der Waals surface area contributed by atoms with Gasteiger partial charge in [-0.2, -0.15) is 0 Å². The maximum absolute atomic E-state index is 4.58. The van der Waals surface area contributed by atoms with E-state index in [9.17, 15) is 0 Å². The average molecular weight is 471 g/mol. The number of benzene rings is 1. The van der Waals surface area contributed by atoms with Crippen molar-refractivity contribution in [2.45, 2.75) is 78.2 Å². The van der Waals surface area contributed by atoms with E-state index in [0.717, 1.165) is 25.7 Å². The van der Waals surface area contributed by atoms with Gasteiger partial charge in [0.25, 0.3) is 0 Å². The molecule has 0 saturated heterocycles. The number of hydrogen-bond acceptors (Lipinski definition) is 4. The summed E-state index contributed by atoms with van der Waals surface area (Å²) in [6.07, 6.45) is 17.2. The zero-order chi connectivity index (χ0) is 24.8. The summed E-state index contributed by atoms with van der Waals surface area (Å²) in [6.45, 7) is 14.1. The van der Waals surface area contributed by atoms with Crippen molar-refractivity contribution in [3.8, 4) is 0 Å². The third kappa shape index (κ3) is 5.86. The first-order valence-electron chi connectivity index (χ1n) is 13.3. The first-order chi connectivity index (χ1) is 16.9. The van der Waals surface area contributed by atoms with Crippen molar-refractivity contribution in [2.24, 2.45) is 21.3 Å². The molecule has 1 aromatic carbocycles. The molecule has 2 bridgehead atoms. The predicted molar refractivity (Wildman–Crippen MR) is 151 cm³/mol. The third-order valence-corrected chi connectivity index (χ3v) is 7.83. The SMILES string of the molecule is C=C(/N=C\C=N/CNC1=C(C(C)(C)CCC)C2CC(=C1)c1ccccc1C2C)NC1CC=CCC1. The Hall–Kier alpha value is -2.88. The minimum Gasteiger partial charge on any atom is -0.368 e. The van der Waals surface area contributed by atoms with Crippen LogP contribution in [-0.2, 0) is 0 Å². The molecule has 4 rings (SSSR count). The third-order valence-electron chi connectivity index (χ3n) is 7.83. The first-order valence-corrected chi connectivity index (χ1v) is 13.3. The highest BCUT2D eigenvalue weighted by Gasteiger charge is 2.40. The monoisotopic (exact) mass is 470 g/mol. The molecule has 4 nitrogen and oxygen atoms in total. The fourth-order valence-electron chi connectivity index (χ4n) is 6.19. The lowest BCUT2D eigenvalue weighted by molar-refractivity contribution is 0.324. The maximum atomic E-state index is 4.58. The standard InChI is InChI=1S/C31H42N4/c1-6-16-31(4,5)30-28-19-24(27-15-11-10-14-26(27)22(28)2)20-29(30)34-21-32-17-18-33-23(3)35-25-12-8-7-9-13-25/h7-8,10-11,14-15,17-18,20,22,25,28,34-35H,3,6,9,12-13,16,19,21H2,1-2,4-5H3/b32-17-,33-18-. The van der Waals surface area contributed by atoms with Crippen LogP contribution in [0.5, 0.6) is 0 Å². The molecule has 0 radical (unpaired) electrons. The molecule has 4 heteroatoms. The van der Waals surface area contributed by atoms with Gasteiger partial charge in [0, 0.05) is 24.2 Å². The summed E-state index contributed by atoms with van der Waals surface area (Å²) in [5.41, 5.74) is 7.33. The first kappa shape index (κ1) is 25.2. The van der Waals surface area contributed by atoms with Crippen LogP contribution >= 0.6 is 0 Å². The highest BCUT2D eigenvalue weighted by atomic mass is 15.1. The molecule has 3 atom stereocenters. The highest BCUT2D eigenvalue weighted by molar-refractivity contribution is 6.16. The second-order valence-electron chi connectivity index (χ2n) is 10.8. The normalized spacial score (nSPS) is 24.0. The van der Waals surface area contributed by atoms with E-state index in [-0.39, 0.29) is 5.41 Å². The zero-order valence-electron chi connectivity index (χ0n) is 22.0. The quantitative estimate of drug-likeness (QED) is 0.282. The molecule has 0 spiro atoms. The van der Waals surface area contributed by atoms with E-state index in [0.29, 0.717) is 30.4 Å². The molecule has 3 unspecified atom stereocenters. The van der Waals surface area contributed by atoms with Gasteiger partial charge in [-0.25, -0.2) is 4.99 Å². The van der Waals surface area contributed by atoms with E-state index < -0.39 is 0 Å². The predicted octanol–water partition coefficient (Wildman–Crippen LogP) is 7.15. The fraction of sp³-hybridized carbons (Fsp3) is 0.484. The molecule has 0 heterocycles. The van der Waals surface area contributed by atoms with E-state index >= 15 is 0 Å². The van der Waals surface area contributed by atoms with E-state index in [2.05, 4.69) is 97.4 Å². The molecule has 0 amide bonds. The summed E-state index contributed by atoms with van der Waals surface area (Å²) in [5, 5.41) is 7.06. The van der Waals surface area contributed by atoms with E-state index in [1.807, 2.05) is 0 Å². The van der Waals surface area contributed by atoms with Gasteiger partial charge in [-0.05, 0) is 77.7 Å². The van der Waals surface area contributed by atoms with Crippen molar-refractivity contribution in [3.05, 3.63) is 77.3 Å². The Bertz CT molecular complexity index is 1070. The summed E-state index contributed by atoms with van der Waals surface area (Å²) in [7, 11) is 0. The van der Waals surface area contributed by atoms with Gasteiger partial charge in [0.2, 0.25) is 0 Å². The number of allylic oxidation sites excluding steroid dienone is 4. The van der Waals surface area contributed by atoms with Crippen LogP contribution in [0.25, 0.3) is 5.57 Å². The molecule has 0 saturated carbocycles. The van der Waals surface area contributed by atoms with Gasteiger partial charge in [0.05, 0.1) is 0 Å². The van der Waals surface area contributed by atoms with E-state index in [1.54, 1.807) is 18.0 Å². The Balaban J connectivity index is 1.46. The molecule has 3 aliphatic rings.